The van der Waals surface area contributed by atoms with Crippen molar-refractivity contribution in [3.05, 3.63) is 81.8 Å². The Kier molecular flexibility index (Phi) is 8.54. The number of thiazole rings is 1. The number of nitrogens with one attached hydrogen (secondary N) is 2. The summed E-state index contributed by atoms with van der Waals surface area (Å²) in [5, 5.41) is 8.61. The summed E-state index contributed by atoms with van der Waals surface area (Å²) in [6.07, 6.45) is 2.11. The normalized spacial score (nSPS) is 15.0. The number of aromatic nitrogens is 1. The maximum atomic E-state index is 13.4. The first kappa shape index (κ1) is 26.7. The molecule has 12 heteroatoms. The average Bonchev–Trinajstić information content (AvgIpc) is 3.64. The van der Waals surface area contributed by atoms with Crippen LogP contribution >= 0.6 is 11.3 Å². The number of carbonyl (C=O) groups is 2. The summed E-state index contributed by atoms with van der Waals surface area (Å²) in [6, 6.07) is 14.0. The molecular weight excluding hydrogens is 516 g/mol. The van der Waals surface area contributed by atoms with Crippen molar-refractivity contribution in [1.29, 1.82) is 0 Å². The Hall–Kier alpha value is -3.32. The van der Waals surface area contributed by atoms with Gasteiger partial charge in [-0.25, -0.2) is 9.78 Å². The zero-order chi connectivity index (χ0) is 26.4. The first-order valence-electron chi connectivity index (χ1n) is 11.7. The SMILES string of the molecule is COC(=O)N[C@@H](Cc1ccccc1)C(=O)N[C@@H](Cc1ccc(S(=O)(=O)ON)cc1)c1csc(C2CC2)n1. The third-order valence-electron chi connectivity index (χ3n) is 5.99. The number of nitrogens with two attached hydrogens (primary N) is 1. The van der Waals surface area contributed by atoms with Gasteiger partial charge in [-0.05, 0) is 42.5 Å². The maximum absolute atomic E-state index is 13.4. The number of alkyl carbamates (subject to hydrolysis) is 1. The van der Waals surface area contributed by atoms with E-state index in [1.807, 2.05) is 35.7 Å². The summed E-state index contributed by atoms with van der Waals surface area (Å²) in [5.74, 6) is 4.93. The third kappa shape index (κ3) is 7.13. The second-order valence-corrected chi connectivity index (χ2v) is 11.2. The lowest BCUT2D eigenvalue weighted by Crippen LogP contribution is -2.49. The summed E-state index contributed by atoms with van der Waals surface area (Å²) < 4.78 is 32.5. The highest BCUT2D eigenvalue weighted by Crippen LogP contribution is 2.42. The van der Waals surface area contributed by atoms with Crippen LogP contribution in [-0.2, 0) is 36.8 Å². The van der Waals surface area contributed by atoms with Gasteiger partial charge in [-0.2, -0.15) is 18.6 Å². The standard InChI is InChI=1S/C25H28N4O6S2/c1-34-25(31)29-21(14-16-5-3-2-4-6-16)23(30)27-20(22-15-36-24(28-22)18-9-10-18)13-17-7-11-19(12-8-17)37(32,33)35-26/h2-8,11-12,15,18,20-21H,9-10,13-14,26H2,1H3,(H,27,30)(H,29,31)/t20-,21-/m0/s1. The van der Waals surface area contributed by atoms with Gasteiger partial charge in [0.2, 0.25) is 5.91 Å². The second kappa shape index (κ2) is 11.8. The van der Waals surface area contributed by atoms with E-state index in [0.717, 1.165) is 29.0 Å². The van der Waals surface area contributed by atoms with Gasteiger partial charge in [-0.15, -0.1) is 11.3 Å². The number of nitrogens with zero attached hydrogens (tertiary/aromatic N) is 1. The molecule has 196 valence electrons. The zero-order valence-corrected chi connectivity index (χ0v) is 21.8. The highest BCUT2D eigenvalue weighted by Gasteiger charge is 2.30. The van der Waals surface area contributed by atoms with Crippen LogP contribution in [0.5, 0.6) is 0 Å². The monoisotopic (exact) mass is 544 g/mol. The molecule has 0 spiro atoms. The highest BCUT2D eigenvalue weighted by atomic mass is 32.2. The topological polar surface area (TPSA) is 150 Å². The van der Waals surface area contributed by atoms with Crippen LogP contribution in [0.15, 0.2) is 64.9 Å². The van der Waals surface area contributed by atoms with Gasteiger partial charge >= 0.3 is 16.2 Å². The van der Waals surface area contributed by atoms with Crippen LogP contribution in [0.1, 0.15) is 46.6 Å². The Labute approximate surface area is 219 Å². The van der Waals surface area contributed by atoms with Gasteiger partial charge in [-0.3, -0.25) is 4.79 Å². The van der Waals surface area contributed by atoms with Gasteiger partial charge in [0, 0.05) is 17.7 Å². The van der Waals surface area contributed by atoms with E-state index < -0.39 is 34.2 Å². The van der Waals surface area contributed by atoms with E-state index in [1.165, 1.54) is 19.2 Å². The number of rotatable bonds is 11. The Bertz CT molecular complexity index is 1320. The number of ether oxygens (including phenoxy) is 1. The van der Waals surface area contributed by atoms with Gasteiger partial charge in [-0.1, -0.05) is 42.5 Å². The second-order valence-electron chi connectivity index (χ2n) is 8.72. The Morgan fingerprint density at radius 3 is 2.35 bits per heavy atom. The van der Waals surface area contributed by atoms with Crippen molar-refractivity contribution >= 4 is 33.5 Å². The van der Waals surface area contributed by atoms with Crippen LogP contribution in [0.2, 0.25) is 0 Å². The third-order valence-corrected chi connectivity index (χ3v) is 8.12. The smallest absolute Gasteiger partial charge is 0.407 e. The lowest BCUT2D eigenvalue weighted by Gasteiger charge is -2.23. The van der Waals surface area contributed by atoms with Gasteiger partial charge < -0.3 is 15.4 Å². The lowest BCUT2D eigenvalue weighted by molar-refractivity contribution is -0.123. The molecule has 1 saturated carbocycles. The first-order valence-corrected chi connectivity index (χ1v) is 13.9. The molecular formula is C25H28N4O6S2. The molecule has 1 aliphatic carbocycles. The van der Waals surface area contributed by atoms with Crippen LogP contribution in [0.25, 0.3) is 0 Å². The summed E-state index contributed by atoms with van der Waals surface area (Å²) in [7, 11) is -2.78. The van der Waals surface area contributed by atoms with E-state index in [9.17, 15) is 18.0 Å². The van der Waals surface area contributed by atoms with E-state index in [4.69, 9.17) is 15.6 Å². The maximum Gasteiger partial charge on any atom is 0.407 e. The summed E-state index contributed by atoms with van der Waals surface area (Å²) in [6.45, 7) is 0. The molecule has 1 aromatic heterocycles. The number of amides is 2. The van der Waals surface area contributed by atoms with Crippen LogP contribution in [0.3, 0.4) is 0 Å². The summed E-state index contributed by atoms with van der Waals surface area (Å²) >= 11 is 1.56. The van der Waals surface area contributed by atoms with E-state index >= 15 is 0 Å². The molecule has 0 radical (unpaired) electrons. The fourth-order valence-corrected chi connectivity index (χ4v) is 5.45. The Morgan fingerprint density at radius 1 is 1.05 bits per heavy atom. The molecule has 0 bridgehead atoms. The highest BCUT2D eigenvalue weighted by molar-refractivity contribution is 7.86. The molecule has 1 heterocycles. The van der Waals surface area contributed by atoms with Crippen LogP contribution < -0.4 is 16.5 Å². The predicted molar refractivity (Wildman–Crippen MR) is 137 cm³/mol. The number of methoxy groups -OCH3 is 1. The minimum atomic E-state index is -4.02. The quantitative estimate of drug-likeness (QED) is 0.312. The van der Waals surface area contributed by atoms with E-state index in [-0.39, 0.29) is 11.3 Å². The zero-order valence-electron chi connectivity index (χ0n) is 20.1. The van der Waals surface area contributed by atoms with E-state index in [2.05, 4.69) is 14.9 Å². The molecule has 4 N–H and O–H groups in total. The Morgan fingerprint density at radius 2 is 1.73 bits per heavy atom. The molecule has 2 amide bonds. The van der Waals surface area contributed by atoms with Crippen molar-refractivity contribution in [2.75, 3.05) is 7.11 Å². The van der Waals surface area contributed by atoms with E-state index in [0.29, 0.717) is 18.0 Å². The number of benzene rings is 2. The average molecular weight is 545 g/mol. The molecule has 37 heavy (non-hydrogen) atoms. The molecule has 2 aromatic carbocycles. The number of carbonyl (C=O) groups excluding carboxylic acids is 2. The molecule has 1 aliphatic rings. The van der Waals surface area contributed by atoms with Gasteiger partial charge in [0.05, 0.1) is 28.7 Å². The van der Waals surface area contributed by atoms with Crippen molar-refractivity contribution in [2.24, 2.45) is 5.90 Å². The van der Waals surface area contributed by atoms with Crippen LogP contribution in [0.4, 0.5) is 4.79 Å². The van der Waals surface area contributed by atoms with Crippen molar-refractivity contribution < 1.29 is 27.0 Å². The minimum absolute atomic E-state index is 0.0748. The van der Waals surface area contributed by atoms with Crippen LogP contribution in [0, 0.1) is 0 Å². The predicted octanol–water partition coefficient (Wildman–Crippen LogP) is 2.97. The number of hydrogen-bond donors (Lipinski definition) is 3. The van der Waals surface area contributed by atoms with E-state index in [1.54, 1.807) is 23.5 Å². The molecule has 2 atom stereocenters. The van der Waals surface area contributed by atoms with Crippen LogP contribution in [-0.4, -0.2) is 38.6 Å². The minimum Gasteiger partial charge on any atom is -0.453 e. The molecule has 1 fully saturated rings. The van der Waals surface area contributed by atoms with Crippen molar-refractivity contribution in [3.8, 4) is 0 Å². The molecule has 4 rings (SSSR count). The fourth-order valence-electron chi connectivity index (χ4n) is 3.82. The van der Waals surface area contributed by atoms with Gasteiger partial charge in [0.1, 0.15) is 6.04 Å². The van der Waals surface area contributed by atoms with Crippen molar-refractivity contribution in [3.63, 3.8) is 0 Å². The van der Waals surface area contributed by atoms with Gasteiger partial charge in [0.15, 0.2) is 0 Å². The molecule has 0 aliphatic heterocycles. The lowest BCUT2D eigenvalue weighted by atomic mass is 10.0. The molecule has 10 nitrogen and oxygen atoms in total. The van der Waals surface area contributed by atoms with Crippen molar-refractivity contribution in [2.45, 2.75) is 48.6 Å². The van der Waals surface area contributed by atoms with Gasteiger partial charge in [0.25, 0.3) is 0 Å². The molecule has 0 saturated heterocycles. The van der Waals surface area contributed by atoms with Crippen molar-refractivity contribution in [1.82, 2.24) is 15.6 Å². The first-order chi connectivity index (χ1) is 17.8. The molecule has 0 unspecified atom stereocenters. The number of hydrogen-bond acceptors (Lipinski definition) is 9. The Balaban J connectivity index is 1.57. The largest absolute Gasteiger partial charge is 0.453 e. The summed E-state index contributed by atoms with van der Waals surface area (Å²) in [5.41, 5.74) is 2.35. The molecule has 3 aromatic rings. The summed E-state index contributed by atoms with van der Waals surface area (Å²) in [4.78, 5) is 30.1. The fraction of sp³-hybridized carbons (Fsp3) is 0.320.